The summed E-state index contributed by atoms with van der Waals surface area (Å²) in [5, 5.41) is 11.4. The molecule has 2 heterocycles. The first-order chi connectivity index (χ1) is 14.8. The highest BCUT2D eigenvalue weighted by molar-refractivity contribution is 8.01. The van der Waals surface area contributed by atoms with Crippen LogP contribution in [0.1, 0.15) is 18.4 Å². The molecule has 1 aromatic carbocycles. The number of ether oxygens (including phenoxy) is 1. The second-order valence-electron chi connectivity index (χ2n) is 6.81. The number of nitrogens with one attached hydrogen (secondary N) is 1. The molecule has 3 rings (SSSR count). The Bertz CT molecular complexity index is 1030. The minimum absolute atomic E-state index is 0.0993. The van der Waals surface area contributed by atoms with Crippen LogP contribution in [0.5, 0.6) is 0 Å². The number of hydrogen-bond donors (Lipinski definition) is 1. The molecule has 31 heavy (non-hydrogen) atoms. The number of rotatable bonds is 8. The maximum Gasteiger partial charge on any atom is 0.316 e. The molecule has 2 aromatic rings. The number of esters is 1. The second-order valence-corrected chi connectivity index (χ2v) is 11.4. The van der Waals surface area contributed by atoms with Crippen LogP contribution >= 0.6 is 34.7 Å². The van der Waals surface area contributed by atoms with Crippen molar-refractivity contribution >= 4 is 61.7 Å². The third-order valence-electron chi connectivity index (χ3n) is 4.59. The Morgan fingerprint density at radius 2 is 2.06 bits per heavy atom. The molecule has 0 saturated carbocycles. The van der Waals surface area contributed by atoms with Gasteiger partial charge in [0, 0.05) is 18.1 Å². The fourth-order valence-corrected chi connectivity index (χ4v) is 6.32. The predicted molar refractivity (Wildman–Crippen MR) is 120 cm³/mol. The number of thioether (sulfide) groups is 1. The van der Waals surface area contributed by atoms with Gasteiger partial charge in [-0.3, -0.25) is 9.59 Å². The van der Waals surface area contributed by atoms with E-state index in [9.17, 15) is 18.0 Å². The zero-order valence-corrected chi connectivity index (χ0v) is 19.8. The largest absolute Gasteiger partial charge is 0.468 e. The lowest BCUT2D eigenvalue weighted by Gasteiger charge is -2.31. The highest BCUT2D eigenvalue weighted by atomic mass is 35.5. The molecule has 1 amide bonds. The zero-order chi connectivity index (χ0) is 22.4. The number of halogens is 1. The summed E-state index contributed by atoms with van der Waals surface area (Å²) in [5.41, 5.74) is 0.641. The summed E-state index contributed by atoms with van der Waals surface area (Å²) >= 11 is 8.17. The van der Waals surface area contributed by atoms with E-state index < -0.39 is 15.9 Å². The molecule has 0 aliphatic carbocycles. The van der Waals surface area contributed by atoms with E-state index in [1.807, 2.05) is 0 Å². The van der Waals surface area contributed by atoms with Crippen LogP contribution in [0, 0.1) is 5.92 Å². The lowest BCUT2D eigenvalue weighted by atomic mass is 9.99. The highest BCUT2D eigenvalue weighted by Crippen LogP contribution is 2.27. The van der Waals surface area contributed by atoms with Crippen LogP contribution in [0.4, 0.5) is 5.13 Å². The Balaban J connectivity index is 1.57. The van der Waals surface area contributed by atoms with E-state index in [1.54, 1.807) is 24.3 Å². The van der Waals surface area contributed by atoms with Gasteiger partial charge >= 0.3 is 5.97 Å². The smallest absolute Gasteiger partial charge is 0.316 e. The molecule has 1 aliphatic rings. The van der Waals surface area contributed by atoms with Crippen LogP contribution in [0.3, 0.4) is 0 Å². The number of amides is 1. The van der Waals surface area contributed by atoms with Gasteiger partial charge in [0.15, 0.2) is 4.34 Å². The molecule has 1 saturated heterocycles. The fourth-order valence-electron chi connectivity index (χ4n) is 3.00. The van der Waals surface area contributed by atoms with Crippen LogP contribution in [0.2, 0.25) is 5.02 Å². The molecule has 0 bridgehead atoms. The number of nitrogens with zero attached hydrogens (tertiary/aromatic N) is 3. The number of carbonyl (C=O) groups is 2. The van der Waals surface area contributed by atoms with Gasteiger partial charge < -0.3 is 10.1 Å². The summed E-state index contributed by atoms with van der Waals surface area (Å²) in [6, 6.07) is 6.66. The molecule has 9 nitrogen and oxygen atoms in total. The second kappa shape index (κ2) is 10.7. The maximum atomic E-state index is 12.8. The molecule has 1 N–H and O–H groups in total. The fraction of sp³-hybridized carbons (Fsp3) is 0.444. The predicted octanol–water partition coefficient (Wildman–Crippen LogP) is 2.64. The number of carbonyl (C=O) groups excluding carboxylic acids is 2. The number of hydrogen-bond acceptors (Lipinski definition) is 9. The van der Waals surface area contributed by atoms with Crippen molar-refractivity contribution in [3.8, 4) is 0 Å². The standard InChI is InChI=1S/C18H21ClN4O5S3/c1-28-15(24)10-29-18-22-21-17(30-18)20-16(25)13-3-2-8-23(9-13)31(26,27)11-12-4-6-14(19)7-5-12/h4-7,13H,2-3,8-11H2,1H3,(H,20,21,25)/t13-/m1/s1. The summed E-state index contributed by atoms with van der Waals surface area (Å²) in [7, 11) is -2.26. The molecular formula is C18H21ClN4O5S3. The summed E-state index contributed by atoms with van der Waals surface area (Å²) in [6.07, 6.45) is 1.18. The average Bonchev–Trinajstić information content (AvgIpc) is 3.20. The van der Waals surface area contributed by atoms with E-state index in [4.69, 9.17) is 11.6 Å². The molecule has 1 aliphatic heterocycles. The number of piperidine rings is 1. The van der Waals surface area contributed by atoms with Crippen molar-refractivity contribution in [1.29, 1.82) is 0 Å². The van der Waals surface area contributed by atoms with Gasteiger partial charge in [-0.25, -0.2) is 12.7 Å². The molecule has 0 radical (unpaired) electrons. The van der Waals surface area contributed by atoms with Crippen LogP contribution in [-0.2, 0) is 30.1 Å². The highest BCUT2D eigenvalue weighted by Gasteiger charge is 2.32. The van der Waals surface area contributed by atoms with Gasteiger partial charge in [-0.1, -0.05) is 46.8 Å². The van der Waals surface area contributed by atoms with Crippen molar-refractivity contribution in [2.75, 3.05) is 31.3 Å². The average molecular weight is 505 g/mol. The van der Waals surface area contributed by atoms with Crippen molar-refractivity contribution in [3.05, 3.63) is 34.9 Å². The molecule has 168 valence electrons. The van der Waals surface area contributed by atoms with Gasteiger partial charge in [0.1, 0.15) is 0 Å². The first-order valence-electron chi connectivity index (χ1n) is 9.33. The first kappa shape index (κ1) is 23.9. The third kappa shape index (κ3) is 6.88. The van der Waals surface area contributed by atoms with Crippen LogP contribution in [0.25, 0.3) is 0 Å². The Morgan fingerprint density at radius 3 is 2.77 bits per heavy atom. The SMILES string of the molecule is COC(=O)CSc1nnc(NC(=O)[C@@H]2CCCN(S(=O)(=O)Cc3ccc(Cl)cc3)C2)s1. The number of benzene rings is 1. The maximum absolute atomic E-state index is 12.8. The third-order valence-corrected chi connectivity index (χ3v) is 8.60. The zero-order valence-electron chi connectivity index (χ0n) is 16.6. The van der Waals surface area contributed by atoms with Gasteiger partial charge in [-0.15, -0.1) is 10.2 Å². The number of methoxy groups -OCH3 is 1. The lowest BCUT2D eigenvalue weighted by molar-refractivity contribution is -0.137. The van der Waals surface area contributed by atoms with Crippen molar-refractivity contribution in [2.45, 2.75) is 22.9 Å². The topological polar surface area (TPSA) is 119 Å². The molecule has 1 fully saturated rings. The molecule has 0 unspecified atom stereocenters. The van der Waals surface area contributed by atoms with E-state index in [-0.39, 0.29) is 29.9 Å². The summed E-state index contributed by atoms with van der Waals surface area (Å²) in [6.45, 7) is 0.497. The van der Waals surface area contributed by atoms with Crippen LogP contribution < -0.4 is 5.32 Å². The van der Waals surface area contributed by atoms with Gasteiger partial charge in [-0.2, -0.15) is 0 Å². The van der Waals surface area contributed by atoms with E-state index in [2.05, 4.69) is 20.3 Å². The lowest BCUT2D eigenvalue weighted by Crippen LogP contribution is -2.44. The molecule has 0 spiro atoms. The van der Waals surface area contributed by atoms with E-state index in [0.717, 1.165) is 11.3 Å². The van der Waals surface area contributed by atoms with Gasteiger partial charge in [0.2, 0.25) is 21.1 Å². The Kier molecular flexibility index (Phi) is 8.28. The minimum atomic E-state index is -3.56. The Hall–Kier alpha value is -1.73. The number of aromatic nitrogens is 2. The Morgan fingerprint density at radius 1 is 1.32 bits per heavy atom. The van der Waals surface area contributed by atoms with Crippen molar-refractivity contribution in [3.63, 3.8) is 0 Å². The monoisotopic (exact) mass is 504 g/mol. The van der Waals surface area contributed by atoms with E-state index in [1.165, 1.54) is 23.2 Å². The van der Waals surface area contributed by atoms with Crippen molar-refractivity contribution in [2.24, 2.45) is 5.92 Å². The molecule has 1 aromatic heterocycles. The number of sulfonamides is 1. The normalized spacial score (nSPS) is 17.3. The van der Waals surface area contributed by atoms with E-state index in [0.29, 0.717) is 39.4 Å². The molecule has 1 atom stereocenters. The summed E-state index contributed by atoms with van der Waals surface area (Å²) in [4.78, 5) is 23.9. The van der Waals surface area contributed by atoms with Gasteiger partial charge in [0.05, 0.1) is 24.5 Å². The quantitative estimate of drug-likeness (QED) is 0.331. The molecule has 13 heteroatoms. The summed E-state index contributed by atoms with van der Waals surface area (Å²) < 4.78 is 32.1. The Labute approximate surface area is 193 Å². The van der Waals surface area contributed by atoms with Gasteiger partial charge in [-0.05, 0) is 30.5 Å². The van der Waals surface area contributed by atoms with Crippen LogP contribution in [0.15, 0.2) is 28.6 Å². The number of anilines is 1. The van der Waals surface area contributed by atoms with Gasteiger partial charge in [0.25, 0.3) is 0 Å². The van der Waals surface area contributed by atoms with Crippen LogP contribution in [-0.4, -0.2) is 60.7 Å². The summed E-state index contributed by atoms with van der Waals surface area (Å²) in [5.74, 6) is -1.21. The minimum Gasteiger partial charge on any atom is -0.468 e. The molecular weight excluding hydrogens is 484 g/mol. The van der Waals surface area contributed by atoms with Crippen molar-refractivity contribution < 1.29 is 22.7 Å². The van der Waals surface area contributed by atoms with Crippen molar-refractivity contribution in [1.82, 2.24) is 14.5 Å². The first-order valence-corrected chi connectivity index (χ1v) is 13.1. The van der Waals surface area contributed by atoms with E-state index >= 15 is 0 Å².